The molecule has 2 heterocycles. The van der Waals surface area contributed by atoms with Crippen LogP contribution in [0.25, 0.3) is 0 Å². The zero-order valence-corrected chi connectivity index (χ0v) is 11.2. The molecule has 4 nitrogen and oxygen atoms in total. The van der Waals surface area contributed by atoms with E-state index in [2.05, 4.69) is 26.9 Å². The largest absolute Gasteiger partial charge is 0.368 e. The SMILES string of the molecule is N#Cc1ccc(N2CCN(c3ccccn3)CC2)cc1. The van der Waals surface area contributed by atoms with Crippen LogP contribution in [0.15, 0.2) is 48.7 Å². The van der Waals surface area contributed by atoms with Crippen molar-refractivity contribution in [2.75, 3.05) is 36.0 Å². The van der Waals surface area contributed by atoms with Crippen molar-refractivity contribution in [3.8, 4) is 6.07 Å². The Morgan fingerprint density at radius 2 is 1.60 bits per heavy atom. The minimum Gasteiger partial charge on any atom is -0.368 e. The number of rotatable bonds is 2. The quantitative estimate of drug-likeness (QED) is 0.834. The predicted octanol–water partition coefficient (Wildman–Crippen LogP) is 2.28. The van der Waals surface area contributed by atoms with Gasteiger partial charge in [0.05, 0.1) is 11.6 Å². The summed E-state index contributed by atoms with van der Waals surface area (Å²) in [5.41, 5.74) is 1.89. The molecule has 1 aromatic carbocycles. The number of hydrogen-bond donors (Lipinski definition) is 0. The molecule has 3 rings (SSSR count). The summed E-state index contributed by atoms with van der Waals surface area (Å²) in [5.74, 6) is 1.05. The third-order valence-electron chi connectivity index (χ3n) is 3.61. The molecule has 0 aliphatic carbocycles. The van der Waals surface area contributed by atoms with Gasteiger partial charge in [-0.2, -0.15) is 5.26 Å². The zero-order valence-electron chi connectivity index (χ0n) is 11.2. The molecule has 1 aliphatic heterocycles. The van der Waals surface area contributed by atoms with Crippen LogP contribution in [0.1, 0.15) is 5.56 Å². The van der Waals surface area contributed by atoms with E-state index in [0.717, 1.165) is 32.0 Å². The summed E-state index contributed by atoms with van der Waals surface area (Å²) in [6.45, 7) is 3.89. The smallest absolute Gasteiger partial charge is 0.128 e. The molecule has 0 unspecified atom stereocenters. The van der Waals surface area contributed by atoms with Gasteiger partial charge < -0.3 is 9.80 Å². The van der Waals surface area contributed by atoms with Crippen molar-refractivity contribution in [1.29, 1.82) is 5.26 Å². The molecule has 0 radical (unpaired) electrons. The third kappa shape index (κ3) is 2.57. The second-order valence-electron chi connectivity index (χ2n) is 4.82. The van der Waals surface area contributed by atoms with Gasteiger partial charge in [-0.1, -0.05) is 6.07 Å². The molecule has 0 spiro atoms. The molecule has 1 aromatic heterocycles. The first kappa shape index (κ1) is 12.5. The topological polar surface area (TPSA) is 43.2 Å². The molecule has 4 heteroatoms. The highest BCUT2D eigenvalue weighted by Gasteiger charge is 2.17. The van der Waals surface area contributed by atoms with E-state index >= 15 is 0 Å². The van der Waals surface area contributed by atoms with Crippen molar-refractivity contribution in [1.82, 2.24) is 4.98 Å². The molecule has 1 aliphatic rings. The Hall–Kier alpha value is -2.54. The number of piperazine rings is 1. The Kier molecular flexibility index (Phi) is 3.51. The van der Waals surface area contributed by atoms with E-state index in [-0.39, 0.29) is 0 Å². The number of pyridine rings is 1. The zero-order chi connectivity index (χ0) is 13.8. The number of hydrogen-bond acceptors (Lipinski definition) is 4. The highest BCUT2D eigenvalue weighted by Crippen LogP contribution is 2.19. The molecule has 0 saturated carbocycles. The molecule has 0 N–H and O–H groups in total. The van der Waals surface area contributed by atoms with Gasteiger partial charge in [0.2, 0.25) is 0 Å². The predicted molar refractivity (Wildman–Crippen MR) is 79.8 cm³/mol. The minimum atomic E-state index is 0.709. The fraction of sp³-hybridized carbons (Fsp3) is 0.250. The van der Waals surface area contributed by atoms with E-state index in [1.165, 1.54) is 5.69 Å². The summed E-state index contributed by atoms with van der Waals surface area (Å²) in [5, 5.41) is 8.82. The first-order chi connectivity index (χ1) is 9.86. The fourth-order valence-electron chi connectivity index (χ4n) is 2.48. The van der Waals surface area contributed by atoms with Crippen LogP contribution >= 0.6 is 0 Å². The van der Waals surface area contributed by atoms with Crippen LogP contribution in [-0.4, -0.2) is 31.2 Å². The van der Waals surface area contributed by atoms with Gasteiger partial charge in [0.25, 0.3) is 0 Å². The van der Waals surface area contributed by atoms with Gasteiger partial charge in [-0.05, 0) is 36.4 Å². The summed E-state index contributed by atoms with van der Waals surface area (Å²) in [6.07, 6.45) is 1.84. The van der Waals surface area contributed by atoms with Crippen molar-refractivity contribution >= 4 is 11.5 Å². The molecule has 1 fully saturated rings. The van der Waals surface area contributed by atoms with Crippen LogP contribution < -0.4 is 9.80 Å². The molecule has 1 saturated heterocycles. The first-order valence-corrected chi connectivity index (χ1v) is 6.78. The fourth-order valence-corrected chi connectivity index (χ4v) is 2.48. The molecular weight excluding hydrogens is 248 g/mol. The number of nitrogens with zero attached hydrogens (tertiary/aromatic N) is 4. The van der Waals surface area contributed by atoms with E-state index < -0.39 is 0 Å². The van der Waals surface area contributed by atoms with Gasteiger partial charge in [0.15, 0.2) is 0 Å². The van der Waals surface area contributed by atoms with E-state index in [9.17, 15) is 0 Å². The Bertz CT molecular complexity index is 593. The Morgan fingerprint density at radius 1 is 0.900 bits per heavy atom. The highest BCUT2D eigenvalue weighted by atomic mass is 15.3. The van der Waals surface area contributed by atoms with Crippen molar-refractivity contribution in [3.05, 3.63) is 54.2 Å². The first-order valence-electron chi connectivity index (χ1n) is 6.78. The Morgan fingerprint density at radius 3 is 2.20 bits per heavy atom. The van der Waals surface area contributed by atoms with Crippen LogP contribution in [-0.2, 0) is 0 Å². The lowest BCUT2D eigenvalue weighted by Gasteiger charge is -2.36. The van der Waals surface area contributed by atoms with Gasteiger partial charge in [0.1, 0.15) is 5.82 Å². The number of aromatic nitrogens is 1. The standard InChI is InChI=1S/C16H16N4/c17-13-14-4-6-15(7-5-14)19-9-11-20(12-10-19)16-3-1-2-8-18-16/h1-8H,9-12H2. The van der Waals surface area contributed by atoms with Gasteiger partial charge in [-0.15, -0.1) is 0 Å². The number of anilines is 2. The second kappa shape index (κ2) is 5.62. The van der Waals surface area contributed by atoms with Crippen molar-refractivity contribution in [2.24, 2.45) is 0 Å². The van der Waals surface area contributed by atoms with E-state index in [4.69, 9.17) is 5.26 Å². The summed E-state index contributed by atoms with van der Waals surface area (Å²) in [4.78, 5) is 9.05. The monoisotopic (exact) mass is 264 g/mol. The summed E-state index contributed by atoms with van der Waals surface area (Å²) in [7, 11) is 0. The van der Waals surface area contributed by atoms with Gasteiger partial charge in [-0.25, -0.2) is 4.98 Å². The molecule has 0 bridgehead atoms. The van der Waals surface area contributed by atoms with E-state index in [0.29, 0.717) is 5.56 Å². The Labute approximate surface area is 118 Å². The molecular formula is C16H16N4. The van der Waals surface area contributed by atoms with E-state index in [1.54, 1.807) is 0 Å². The lowest BCUT2D eigenvalue weighted by molar-refractivity contribution is 0.647. The lowest BCUT2D eigenvalue weighted by Crippen LogP contribution is -2.46. The van der Waals surface area contributed by atoms with Crippen LogP contribution in [0.3, 0.4) is 0 Å². The maximum atomic E-state index is 8.82. The van der Waals surface area contributed by atoms with Crippen LogP contribution in [0, 0.1) is 11.3 Å². The lowest BCUT2D eigenvalue weighted by atomic mass is 10.2. The maximum absolute atomic E-state index is 8.82. The van der Waals surface area contributed by atoms with Crippen molar-refractivity contribution in [3.63, 3.8) is 0 Å². The minimum absolute atomic E-state index is 0.709. The highest BCUT2D eigenvalue weighted by molar-refractivity contribution is 5.51. The number of nitriles is 1. The van der Waals surface area contributed by atoms with Crippen LogP contribution in [0.4, 0.5) is 11.5 Å². The van der Waals surface area contributed by atoms with Gasteiger partial charge in [0, 0.05) is 38.1 Å². The Balaban J connectivity index is 1.65. The maximum Gasteiger partial charge on any atom is 0.128 e. The van der Waals surface area contributed by atoms with Crippen molar-refractivity contribution in [2.45, 2.75) is 0 Å². The average molecular weight is 264 g/mol. The molecule has 20 heavy (non-hydrogen) atoms. The van der Waals surface area contributed by atoms with Crippen LogP contribution in [0.5, 0.6) is 0 Å². The number of benzene rings is 1. The molecule has 2 aromatic rings. The summed E-state index contributed by atoms with van der Waals surface area (Å²) >= 11 is 0. The third-order valence-corrected chi connectivity index (χ3v) is 3.61. The molecule has 0 atom stereocenters. The van der Waals surface area contributed by atoms with E-state index in [1.807, 2.05) is 42.6 Å². The van der Waals surface area contributed by atoms with Crippen LogP contribution in [0.2, 0.25) is 0 Å². The normalized spacial score (nSPS) is 14.9. The second-order valence-corrected chi connectivity index (χ2v) is 4.82. The molecule has 0 amide bonds. The van der Waals surface area contributed by atoms with Gasteiger partial charge >= 0.3 is 0 Å². The summed E-state index contributed by atoms with van der Waals surface area (Å²) < 4.78 is 0. The average Bonchev–Trinajstić information content (AvgIpc) is 2.56. The summed E-state index contributed by atoms with van der Waals surface area (Å²) in [6, 6.07) is 16.0. The van der Waals surface area contributed by atoms with Gasteiger partial charge in [-0.3, -0.25) is 0 Å². The molecule has 100 valence electrons. The van der Waals surface area contributed by atoms with Crippen molar-refractivity contribution < 1.29 is 0 Å².